The van der Waals surface area contributed by atoms with E-state index in [4.69, 9.17) is 0 Å². The fourth-order valence-electron chi connectivity index (χ4n) is 2.60. The van der Waals surface area contributed by atoms with Crippen molar-refractivity contribution in [3.63, 3.8) is 0 Å². The maximum absolute atomic E-state index is 12.3. The molecule has 1 aliphatic rings. The largest absolute Gasteiger partial charge is 0.349 e. The van der Waals surface area contributed by atoms with E-state index in [2.05, 4.69) is 26.6 Å². The molecule has 0 aliphatic carbocycles. The highest BCUT2D eigenvalue weighted by Crippen LogP contribution is 2.36. The van der Waals surface area contributed by atoms with E-state index in [1.165, 1.54) is 11.8 Å². The summed E-state index contributed by atoms with van der Waals surface area (Å²) in [7, 11) is 0. The van der Waals surface area contributed by atoms with Crippen LogP contribution in [0.1, 0.15) is 24.9 Å². The number of benzene rings is 2. The molecule has 6 heteroatoms. The summed E-state index contributed by atoms with van der Waals surface area (Å²) in [6.45, 7) is 1.93. The Labute approximate surface area is 153 Å². The summed E-state index contributed by atoms with van der Waals surface area (Å²) in [6, 6.07) is 15.3. The zero-order chi connectivity index (χ0) is 17.1. The average Bonchev–Trinajstić information content (AvgIpc) is 2.55. The summed E-state index contributed by atoms with van der Waals surface area (Å²) in [5.74, 6) is -0.257. The normalized spacial score (nSPS) is 17.6. The first-order valence-electron chi connectivity index (χ1n) is 7.65. The Morgan fingerprint density at radius 3 is 2.75 bits per heavy atom. The monoisotopic (exact) mass is 404 g/mol. The first kappa shape index (κ1) is 17.0. The number of rotatable bonds is 4. The Morgan fingerprint density at radius 1 is 1.25 bits per heavy atom. The quantitative estimate of drug-likeness (QED) is 0.804. The molecule has 1 heterocycles. The van der Waals surface area contributed by atoms with Gasteiger partial charge in [0.15, 0.2) is 0 Å². The summed E-state index contributed by atoms with van der Waals surface area (Å²) >= 11 is 4.93. The number of halogens is 1. The lowest BCUT2D eigenvalue weighted by Crippen LogP contribution is -2.35. The molecule has 3 rings (SSSR count). The van der Waals surface area contributed by atoms with Gasteiger partial charge in [-0.25, -0.2) is 0 Å². The number of carbonyl (C=O) groups is 2. The molecule has 0 spiro atoms. The van der Waals surface area contributed by atoms with Gasteiger partial charge in [0.05, 0.1) is 17.0 Å². The van der Waals surface area contributed by atoms with E-state index < -0.39 is 5.25 Å². The fourth-order valence-corrected chi connectivity index (χ4v) is 4.34. The molecule has 0 radical (unpaired) electrons. The summed E-state index contributed by atoms with van der Waals surface area (Å²) < 4.78 is 0.955. The minimum atomic E-state index is -0.411. The van der Waals surface area contributed by atoms with Crippen LogP contribution in [0.4, 0.5) is 5.69 Å². The predicted molar refractivity (Wildman–Crippen MR) is 100 cm³/mol. The minimum absolute atomic E-state index is 0.123. The number of fused-ring (bicyclic) bond motifs is 1. The van der Waals surface area contributed by atoms with E-state index in [0.29, 0.717) is 0 Å². The second-order valence-corrected chi connectivity index (χ2v) is 7.71. The van der Waals surface area contributed by atoms with Crippen molar-refractivity contribution in [2.75, 3.05) is 5.32 Å². The van der Waals surface area contributed by atoms with Crippen molar-refractivity contribution in [2.24, 2.45) is 0 Å². The smallest absolute Gasteiger partial charge is 0.238 e. The van der Waals surface area contributed by atoms with Crippen LogP contribution in [0, 0.1) is 0 Å². The first-order chi connectivity index (χ1) is 11.5. The number of nitrogens with one attached hydrogen (secondary N) is 2. The van der Waals surface area contributed by atoms with Crippen LogP contribution in [-0.2, 0) is 9.59 Å². The summed E-state index contributed by atoms with van der Waals surface area (Å²) in [4.78, 5) is 25.5. The average molecular weight is 405 g/mol. The van der Waals surface area contributed by atoms with Gasteiger partial charge in [0.1, 0.15) is 0 Å². The van der Waals surface area contributed by atoms with Gasteiger partial charge < -0.3 is 10.6 Å². The SMILES string of the molecule is C[C@@H](NC(=O)C[C@@H]1Sc2ccccc2NC1=O)c1ccccc1Br. The molecule has 2 amide bonds. The van der Waals surface area contributed by atoms with Crippen LogP contribution in [0.25, 0.3) is 0 Å². The predicted octanol–water partition coefficient (Wildman–Crippen LogP) is 4.13. The molecule has 0 bridgehead atoms. The van der Waals surface area contributed by atoms with E-state index in [-0.39, 0.29) is 24.3 Å². The number of anilines is 1. The molecule has 2 N–H and O–H groups in total. The molecule has 24 heavy (non-hydrogen) atoms. The van der Waals surface area contributed by atoms with Crippen molar-refractivity contribution in [1.82, 2.24) is 5.32 Å². The van der Waals surface area contributed by atoms with Gasteiger partial charge in [0.25, 0.3) is 0 Å². The Bertz CT molecular complexity index is 781. The Hall–Kier alpha value is -1.79. The van der Waals surface area contributed by atoms with Gasteiger partial charge in [-0.1, -0.05) is 46.3 Å². The number of hydrogen-bond donors (Lipinski definition) is 2. The molecule has 0 aromatic heterocycles. The Morgan fingerprint density at radius 2 is 1.96 bits per heavy atom. The number of thioether (sulfide) groups is 1. The van der Waals surface area contributed by atoms with Crippen LogP contribution in [-0.4, -0.2) is 17.1 Å². The van der Waals surface area contributed by atoms with Crippen LogP contribution in [0.5, 0.6) is 0 Å². The maximum Gasteiger partial charge on any atom is 0.238 e. The number of hydrogen-bond acceptors (Lipinski definition) is 3. The van der Waals surface area contributed by atoms with Crippen LogP contribution < -0.4 is 10.6 Å². The van der Waals surface area contributed by atoms with E-state index in [0.717, 1.165) is 20.6 Å². The zero-order valence-corrected chi connectivity index (χ0v) is 15.5. The van der Waals surface area contributed by atoms with Gasteiger partial charge >= 0.3 is 0 Å². The molecule has 0 saturated heterocycles. The third-order valence-electron chi connectivity index (χ3n) is 3.83. The van der Waals surface area contributed by atoms with Crippen LogP contribution in [0.3, 0.4) is 0 Å². The third kappa shape index (κ3) is 3.82. The molecule has 124 valence electrons. The standard InChI is InChI=1S/C18H17BrN2O2S/c1-11(12-6-2-3-7-13(12)19)20-17(22)10-16-18(23)21-14-8-4-5-9-15(14)24-16/h2-9,11,16H,10H2,1H3,(H,20,22)(H,21,23)/t11-,16+/m1/s1. The maximum atomic E-state index is 12.3. The summed E-state index contributed by atoms with van der Waals surface area (Å²) in [5, 5.41) is 5.42. The van der Waals surface area contributed by atoms with Crippen LogP contribution in [0.2, 0.25) is 0 Å². The van der Waals surface area contributed by atoms with Gasteiger partial charge in [0.2, 0.25) is 11.8 Å². The Balaban J connectivity index is 1.63. The highest BCUT2D eigenvalue weighted by atomic mass is 79.9. The lowest BCUT2D eigenvalue weighted by molar-refractivity contribution is -0.124. The highest BCUT2D eigenvalue weighted by Gasteiger charge is 2.29. The minimum Gasteiger partial charge on any atom is -0.349 e. The number of carbonyl (C=O) groups excluding carboxylic acids is 2. The molecule has 1 aliphatic heterocycles. The first-order valence-corrected chi connectivity index (χ1v) is 9.32. The lowest BCUT2D eigenvalue weighted by atomic mass is 10.1. The molecule has 0 fully saturated rings. The number of amides is 2. The fraction of sp³-hybridized carbons (Fsp3) is 0.222. The van der Waals surface area contributed by atoms with Crippen LogP contribution in [0.15, 0.2) is 57.9 Å². The van der Waals surface area contributed by atoms with Gasteiger partial charge in [-0.3, -0.25) is 9.59 Å². The summed E-state index contributed by atoms with van der Waals surface area (Å²) in [6.07, 6.45) is 0.152. The molecule has 2 atom stereocenters. The molecule has 2 aromatic carbocycles. The van der Waals surface area contributed by atoms with Crippen molar-refractivity contribution in [1.29, 1.82) is 0 Å². The van der Waals surface area contributed by atoms with E-state index in [9.17, 15) is 9.59 Å². The second kappa shape index (κ2) is 7.40. The van der Waals surface area contributed by atoms with Gasteiger partial charge in [0, 0.05) is 15.8 Å². The highest BCUT2D eigenvalue weighted by molar-refractivity contribution is 9.10. The molecule has 2 aromatic rings. The van der Waals surface area contributed by atoms with Crippen molar-refractivity contribution >= 4 is 45.2 Å². The third-order valence-corrected chi connectivity index (χ3v) is 5.82. The van der Waals surface area contributed by atoms with E-state index in [1.54, 1.807) is 0 Å². The Kier molecular flexibility index (Phi) is 5.26. The van der Waals surface area contributed by atoms with Gasteiger partial charge in [-0.05, 0) is 30.7 Å². The molecule has 0 unspecified atom stereocenters. The topological polar surface area (TPSA) is 58.2 Å². The van der Waals surface area contributed by atoms with Gasteiger partial charge in [-0.15, -0.1) is 11.8 Å². The van der Waals surface area contributed by atoms with E-state index in [1.807, 2.05) is 55.5 Å². The van der Waals surface area contributed by atoms with Gasteiger partial charge in [-0.2, -0.15) is 0 Å². The van der Waals surface area contributed by atoms with Crippen molar-refractivity contribution in [3.8, 4) is 0 Å². The van der Waals surface area contributed by atoms with Crippen molar-refractivity contribution in [2.45, 2.75) is 29.5 Å². The molecule has 4 nitrogen and oxygen atoms in total. The molecule has 0 saturated carbocycles. The zero-order valence-electron chi connectivity index (χ0n) is 13.1. The van der Waals surface area contributed by atoms with Crippen LogP contribution >= 0.6 is 27.7 Å². The summed E-state index contributed by atoms with van der Waals surface area (Å²) in [5.41, 5.74) is 1.82. The van der Waals surface area contributed by atoms with Crippen molar-refractivity contribution < 1.29 is 9.59 Å². The molecular formula is C18H17BrN2O2S. The van der Waals surface area contributed by atoms with Crippen molar-refractivity contribution in [3.05, 3.63) is 58.6 Å². The van der Waals surface area contributed by atoms with E-state index >= 15 is 0 Å². The lowest BCUT2D eigenvalue weighted by Gasteiger charge is -2.24. The molecular weight excluding hydrogens is 388 g/mol. The number of para-hydroxylation sites is 1. The second-order valence-electron chi connectivity index (χ2n) is 5.61.